The molecular weight excluding hydrogens is 218 g/mol. The predicted molar refractivity (Wildman–Crippen MR) is 67.7 cm³/mol. The second-order valence-corrected chi connectivity index (χ2v) is 4.84. The summed E-state index contributed by atoms with van der Waals surface area (Å²) >= 11 is 0. The van der Waals surface area contributed by atoms with Crippen molar-refractivity contribution in [1.82, 2.24) is 10.2 Å². The molecule has 0 aromatic rings. The molecular formula is C12H25N3O2. The fourth-order valence-electron chi connectivity index (χ4n) is 2.31. The lowest BCUT2D eigenvalue weighted by molar-refractivity contribution is -0.122. The molecule has 0 aromatic carbocycles. The lowest BCUT2D eigenvalue weighted by Crippen LogP contribution is -2.45. The van der Waals surface area contributed by atoms with Gasteiger partial charge in [0.2, 0.25) is 5.91 Å². The zero-order valence-electron chi connectivity index (χ0n) is 10.9. The van der Waals surface area contributed by atoms with Crippen LogP contribution in [0.2, 0.25) is 0 Å². The van der Waals surface area contributed by atoms with E-state index in [4.69, 9.17) is 10.5 Å². The molecule has 1 rings (SSSR count). The number of likely N-dealkylation sites (N-methyl/N-ethyl adjacent to an activating group) is 1. The van der Waals surface area contributed by atoms with Crippen LogP contribution in [-0.2, 0) is 9.53 Å². The molecule has 2 unspecified atom stereocenters. The van der Waals surface area contributed by atoms with Crippen LogP contribution >= 0.6 is 0 Å². The van der Waals surface area contributed by atoms with Gasteiger partial charge in [-0.3, -0.25) is 9.69 Å². The van der Waals surface area contributed by atoms with Crippen LogP contribution in [0.3, 0.4) is 0 Å². The van der Waals surface area contributed by atoms with Crippen molar-refractivity contribution < 1.29 is 9.53 Å². The van der Waals surface area contributed by atoms with E-state index in [-0.39, 0.29) is 5.91 Å². The predicted octanol–water partition coefficient (Wildman–Crippen LogP) is -0.0493. The molecule has 3 N–H and O–H groups in total. The fraction of sp³-hybridized carbons (Fsp3) is 0.917. The Morgan fingerprint density at radius 2 is 2.29 bits per heavy atom. The normalized spacial score (nSPS) is 24.9. The van der Waals surface area contributed by atoms with Gasteiger partial charge in [-0.15, -0.1) is 0 Å². The molecule has 0 radical (unpaired) electrons. The first-order valence-corrected chi connectivity index (χ1v) is 6.35. The molecule has 0 aliphatic heterocycles. The largest absolute Gasteiger partial charge is 0.383 e. The van der Waals surface area contributed by atoms with Crippen LogP contribution in [0.1, 0.15) is 25.7 Å². The third-order valence-electron chi connectivity index (χ3n) is 3.33. The van der Waals surface area contributed by atoms with Gasteiger partial charge in [-0.2, -0.15) is 0 Å². The highest BCUT2D eigenvalue weighted by Crippen LogP contribution is 2.20. The molecule has 2 atom stereocenters. The highest BCUT2D eigenvalue weighted by molar-refractivity contribution is 5.77. The molecule has 1 amide bonds. The molecule has 1 saturated carbocycles. The minimum Gasteiger partial charge on any atom is -0.383 e. The quantitative estimate of drug-likeness (QED) is 0.642. The van der Waals surface area contributed by atoms with Crippen molar-refractivity contribution in [3.63, 3.8) is 0 Å². The smallest absolute Gasteiger partial charge is 0.234 e. The lowest BCUT2D eigenvalue weighted by Gasteiger charge is -2.33. The molecule has 0 aromatic heterocycles. The third-order valence-corrected chi connectivity index (χ3v) is 3.33. The Bertz CT molecular complexity index is 236. The first-order valence-electron chi connectivity index (χ1n) is 6.35. The number of carbonyl (C=O) groups is 1. The van der Waals surface area contributed by atoms with Gasteiger partial charge < -0.3 is 15.8 Å². The minimum atomic E-state index is 0.0590. The minimum absolute atomic E-state index is 0.0590. The van der Waals surface area contributed by atoms with Crippen molar-refractivity contribution >= 4 is 5.91 Å². The van der Waals surface area contributed by atoms with Crippen molar-refractivity contribution in [3.05, 3.63) is 0 Å². The Kier molecular flexibility index (Phi) is 6.47. The number of nitrogens with zero attached hydrogens (tertiary/aromatic N) is 1. The first kappa shape index (κ1) is 14.4. The van der Waals surface area contributed by atoms with Crippen molar-refractivity contribution in [2.45, 2.75) is 37.8 Å². The van der Waals surface area contributed by atoms with Crippen LogP contribution < -0.4 is 11.1 Å². The van der Waals surface area contributed by atoms with E-state index in [9.17, 15) is 4.79 Å². The van der Waals surface area contributed by atoms with E-state index in [0.717, 1.165) is 19.3 Å². The van der Waals surface area contributed by atoms with Gasteiger partial charge in [-0.1, -0.05) is 6.42 Å². The molecule has 0 saturated heterocycles. The molecule has 1 aliphatic rings. The Labute approximate surface area is 104 Å². The standard InChI is InChI=1S/C12H25N3O2/c1-15(9-12(16)14-6-7-17-2)11-5-3-4-10(13)8-11/h10-11H,3-9,13H2,1-2H3,(H,14,16). The number of ether oxygens (including phenoxy) is 1. The number of hydrogen-bond acceptors (Lipinski definition) is 4. The van der Waals surface area contributed by atoms with Crippen LogP contribution in [-0.4, -0.2) is 56.7 Å². The van der Waals surface area contributed by atoms with Crippen molar-refractivity contribution in [3.8, 4) is 0 Å². The van der Waals surface area contributed by atoms with Crippen molar-refractivity contribution in [1.29, 1.82) is 0 Å². The average molecular weight is 243 g/mol. The number of amides is 1. The highest BCUT2D eigenvalue weighted by atomic mass is 16.5. The molecule has 5 heteroatoms. The van der Waals surface area contributed by atoms with Crippen molar-refractivity contribution in [2.75, 3.05) is 33.9 Å². The summed E-state index contributed by atoms with van der Waals surface area (Å²) < 4.78 is 4.88. The van der Waals surface area contributed by atoms with E-state index in [1.165, 1.54) is 6.42 Å². The second kappa shape index (κ2) is 7.63. The maximum absolute atomic E-state index is 11.6. The van der Waals surface area contributed by atoms with E-state index in [0.29, 0.717) is 31.8 Å². The SMILES string of the molecule is COCCNC(=O)CN(C)C1CCCC(N)C1. The van der Waals surface area contributed by atoms with E-state index < -0.39 is 0 Å². The zero-order chi connectivity index (χ0) is 12.7. The van der Waals surface area contributed by atoms with Crippen LogP contribution in [0.25, 0.3) is 0 Å². The lowest BCUT2D eigenvalue weighted by atomic mass is 9.91. The maximum atomic E-state index is 11.6. The molecule has 0 bridgehead atoms. The zero-order valence-corrected chi connectivity index (χ0v) is 10.9. The van der Waals surface area contributed by atoms with Gasteiger partial charge in [0.05, 0.1) is 13.2 Å². The fourth-order valence-corrected chi connectivity index (χ4v) is 2.31. The summed E-state index contributed by atoms with van der Waals surface area (Å²) in [5, 5.41) is 2.83. The van der Waals surface area contributed by atoms with Crippen LogP contribution in [0.5, 0.6) is 0 Å². The van der Waals surface area contributed by atoms with Gasteiger partial charge in [0.25, 0.3) is 0 Å². The molecule has 5 nitrogen and oxygen atoms in total. The summed E-state index contributed by atoms with van der Waals surface area (Å²) in [7, 11) is 3.63. The summed E-state index contributed by atoms with van der Waals surface area (Å²) in [5.41, 5.74) is 5.95. The number of rotatable bonds is 6. The highest BCUT2D eigenvalue weighted by Gasteiger charge is 2.23. The maximum Gasteiger partial charge on any atom is 0.234 e. The average Bonchev–Trinajstić information content (AvgIpc) is 2.29. The van der Waals surface area contributed by atoms with E-state index in [2.05, 4.69) is 10.2 Å². The number of nitrogens with two attached hydrogens (primary N) is 1. The molecule has 17 heavy (non-hydrogen) atoms. The molecule has 100 valence electrons. The molecule has 0 heterocycles. The summed E-state index contributed by atoms with van der Waals surface area (Å²) in [5.74, 6) is 0.0590. The molecule has 1 aliphatic carbocycles. The first-order chi connectivity index (χ1) is 8.13. The number of methoxy groups -OCH3 is 1. The van der Waals surface area contributed by atoms with Gasteiger partial charge in [0.15, 0.2) is 0 Å². The summed E-state index contributed by atoms with van der Waals surface area (Å²) in [6, 6.07) is 0.750. The third kappa shape index (κ3) is 5.48. The Morgan fingerprint density at radius 1 is 1.53 bits per heavy atom. The van der Waals surface area contributed by atoms with E-state index in [1.54, 1.807) is 7.11 Å². The summed E-state index contributed by atoms with van der Waals surface area (Å²) in [6.45, 7) is 1.58. The van der Waals surface area contributed by atoms with Crippen LogP contribution in [0, 0.1) is 0 Å². The van der Waals surface area contributed by atoms with E-state index in [1.807, 2.05) is 7.05 Å². The Morgan fingerprint density at radius 3 is 2.94 bits per heavy atom. The molecule has 1 fully saturated rings. The number of carbonyl (C=O) groups excluding carboxylic acids is 1. The van der Waals surface area contributed by atoms with Crippen LogP contribution in [0.15, 0.2) is 0 Å². The van der Waals surface area contributed by atoms with Gasteiger partial charge in [0.1, 0.15) is 0 Å². The van der Waals surface area contributed by atoms with Gasteiger partial charge >= 0.3 is 0 Å². The number of hydrogen-bond donors (Lipinski definition) is 2. The van der Waals surface area contributed by atoms with Gasteiger partial charge in [0, 0.05) is 25.7 Å². The van der Waals surface area contributed by atoms with Gasteiger partial charge in [-0.25, -0.2) is 0 Å². The van der Waals surface area contributed by atoms with E-state index >= 15 is 0 Å². The second-order valence-electron chi connectivity index (χ2n) is 4.84. The monoisotopic (exact) mass is 243 g/mol. The van der Waals surface area contributed by atoms with Crippen molar-refractivity contribution in [2.24, 2.45) is 5.73 Å². The Hall–Kier alpha value is -0.650. The van der Waals surface area contributed by atoms with Gasteiger partial charge in [-0.05, 0) is 26.3 Å². The topological polar surface area (TPSA) is 67.6 Å². The Balaban J connectivity index is 2.22. The number of nitrogens with one attached hydrogen (secondary N) is 1. The summed E-state index contributed by atoms with van der Waals surface area (Å²) in [6.07, 6.45) is 4.43. The molecule has 0 spiro atoms. The van der Waals surface area contributed by atoms with Crippen LogP contribution in [0.4, 0.5) is 0 Å². The summed E-state index contributed by atoms with van der Waals surface area (Å²) in [4.78, 5) is 13.7.